The quantitative estimate of drug-likeness (QED) is 0.863. The minimum atomic E-state index is 0.194. The Bertz CT molecular complexity index is 377. The van der Waals surface area contributed by atoms with Crippen LogP contribution in [0, 0.1) is 0 Å². The number of rotatable bonds is 5. The van der Waals surface area contributed by atoms with Crippen molar-refractivity contribution < 1.29 is 4.74 Å². The first-order chi connectivity index (χ1) is 8.53. The zero-order valence-electron chi connectivity index (χ0n) is 12.0. The molecule has 0 bridgehead atoms. The molecule has 0 aromatic heterocycles. The van der Waals surface area contributed by atoms with E-state index in [1.807, 2.05) is 0 Å². The lowest BCUT2D eigenvalue weighted by molar-refractivity contribution is -0.0597. The van der Waals surface area contributed by atoms with Crippen molar-refractivity contribution in [2.75, 3.05) is 19.8 Å². The molecule has 1 aliphatic rings. The van der Waals surface area contributed by atoms with Gasteiger partial charge < -0.3 is 10.1 Å². The second-order valence-corrected chi connectivity index (χ2v) is 6.09. The van der Waals surface area contributed by atoms with E-state index in [2.05, 4.69) is 57.3 Å². The number of hydrogen-bond acceptors (Lipinski definition) is 2. The smallest absolute Gasteiger partial charge is 0.0598 e. The highest BCUT2D eigenvalue weighted by molar-refractivity contribution is 5.33. The van der Waals surface area contributed by atoms with Gasteiger partial charge in [0.25, 0.3) is 0 Å². The van der Waals surface area contributed by atoms with Gasteiger partial charge >= 0.3 is 0 Å². The monoisotopic (exact) mass is 247 g/mol. The minimum absolute atomic E-state index is 0.194. The van der Waals surface area contributed by atoms with Crippen molar-refractivity contribution in [3.63, 3.8) is 0 Å². The maximum atomic E-state index is 5.46. The van der Waals surface area contributed by atoms with Crippen LogP contribution in [0.2, 0.25) is 0 Å². The van der Waals surface area contributed by atoms with Gasteiger partial charge in [0.05, 0.1) is 18.6 Å². The van der Waals surface area contributed by atoms with Gasteiger partial charge in [-0.1, -0.05) is 52.0 Å². The lowest BCUT2D eigenvalue weighted by Crippen LogP contribution is -2.54. The first kappa shape index (κ1) is 13.6. The summed E-state index contributed by atoms with van der Waals surface area (Å²) in [6.07, 6.45) is 0. The van der Waals surface area contributed by atoms with Crippen molar-refractivity contribution in [3.05, 3.63) is 35.4 Å². The van der Waals surface area contributed by atoms with Gasteiger partial charge in [-0.3, -0.25) is 0 Å². The van der Waals surface area contributed by atoms with E-state index in [1.165, 1.54) is 11.1 Å². The maximum Gasteiger partial charge on any atom is 0.0598 e. The average molecular weight is 247 g/mol. The zero-order valence-corrected chi connectivity index (χ0v) is 12.0. The molecule has 0 saturated carbocycles. The molecule has 1 aromatic rings. The lowest BCUT2D eigenvalue weighted by atomic mass is 9.78. The number of nitrogens with one attached hydrogen (secondary N) is 1. The molecule has 0 radical (unpaired) electrons. The Morgan fingerprint density at radius 2 is 1.72 bits per heavy atom. The summed E-state index contributed by atoms with van der Waals surface area (Å²) in [6, 6.07) is 9.60. The van der Waals surface area contributed by atoms with Crippen molar-refractivity contribution in [2.45, 2.75) is 45.1 Å². The number of hydrogen-bond donors (Lipinski definition) is 1. The van der Waals surface area contributed by atoms with E-state index >= 15 is 0 Å². The molecule has 2 nitrogen and oxygen atoms in total. The Kier molecular flexibility index (Phi) is 4.08. The van der Waals surface area contributed by atoms with Crippen LogP contribution in [0.5, 0.6) is 0 Å². The van der Waals surface area contributed by atoms with E-state index in [1.54, 1.807) is 0 Å². The summed E-state index contributed by atoms with van der Waals surface area (Å²) in [7, 11) is 0. The molecule has 1 fully saturated rings. The van der Waals surface area contributed by atoms with Gasteiger partial charge in [0.15, 0.2) is 0 Å². The highest BCUT2D eigenvalue weighted by Gasteiger charge is 2.40. The van der Waals surface area contributed by atoms with Crippen molar-refractivity contribution in [2.24, 2.45) is 0 Å². The summed E-state index contributed by atoms with van der Waals surface area (Å²) in [6.45, 7) is 11.5. The molecular formula is C16H25NO. The van der Waals surface area contributed by atoms with Crippen molar-refractivity contribution in [1.29, 1.82) is 0 Å². The Morgan fingerprint density at radius 3 is 2.11 bits per heavy atom. The third-order valence-corrected chi connectivity index (χ3v) is 3.80. The standard InChI is InChI=1S/C16H25NO/c1-12(2)14-5-7-15(8-6-14)16(10-18-11-16)9-17-13(3)4/h5-8,12-13,17H,9-11H2,1-4H3. The molecule has 1 aromatic carbocycles. The van der Waals surface area contributed by atoms with Crippen LogP contribution in [-0.4, -0.2) is 25.8 Å². The molecule has 0 spiro atoms. The second-order valence-electron chi connectivity index (χ2n) is 6.09. The molecule has 2 heteroatoms. The summed E-state index contributed by atoms with van der Waals surface area (Å²) in [5.41, 5.74) is 3.01. The van der Waals surface area contributed by atoms with Gasteiger partial charge in [0.2, 0.25) is 0 Å². The van der Waals surface area contributed by atoms with Crippen LogP contribution >= 0.6 is 0 Å². The van der Waals surface area contributed by atoms with Crippen molar-refractivity contribution in [1.82, 2.24) is 5.32 Å². The number of ether oxygens (including phenoxy) is 1. The topological polar surface area (TPSA) is 21.3 Å². The fourth-order valence-electron chi connectivity index (χ4n) is 2.34. The number of benzene rings is 1. The largest absolute Gasteiger partial charge is 0.379 e. The van der Waals surface area contributed by atoms with Crippen LogP contribution < -0.4 is 5.32 Å². The van der Waals surface area contributed by atoms with E-state index in [4.69, 9.17) is 4.74 Å². The van der Waals surface area contributed by atoms with Gasteiger partial charge in [-0.2, -0.15) is 0 Å². The van der Waals surface area contributed by atoms with E-state index in [9.17, 15) is 0 Å². The van der Waals surface area contributed by atoms with E-state index in [-0.39, 0.29) is 5.41 Å². The molecule has 1 saturated heterocycles. The summed E-state index contributed by atoms with van der Waals surface area (Å²) < 4.78 is 5.46. The van der Waals surface area contributed by atoms with Crippen molar-refractivity contribution in [3.8, 4) is 0 Å². The van der Waals surface area contributed by atoms with Gasteiger partial charge in [-0.15, -0.1) is 0 Å². The molecule has 1 N–H and O–H groups in total. The highest BCUT2D eigenvalue weighted by Crippen LogP contribution is 2.32. The van der Waals surface area contributed by atoms with Gasteiger partial charge in [-0.05, 0) is 17.0 Å². The molecule has 0 amide bonds. The molecule has 0 atom stereocenters. The Hall–Kier alpha value is -0.860. The van der Waals surface area contributed by atoms with Crippen LogP contribution in [0.1, 0.15) is 44.7 Å². The first-order valence-corrected chi connectivity index (χ1v) is 6.95. The summed E-state index contributed by atoms with van der Waals surface area (Å²) in [4.78, 5) is 0. The SMILES string of the molecule is CC(C)NCC1(c2ccc(C(C)C)cc2)COC1. The summed E-state index contributed by atoms with van der Waals surface area (Å²) in [5.74, 6) is 0.599. The Morgan fingerprint density at radius 1 is 1.11 bits per heavy atom. The molecule has 18 heavy (non-hydrogen) atoms. The maximum absolute atomic E-state index is 5.46. The molecule has 2 rings (SSSR count). The Balaban J connectivity index is 2.12. The van der Waals surface area contributed by atoms with Gasteiger partial charge in [0, 0.05) is 12.6 Å². The molecular weight excluding hydrogens is 222 g/mol. The average Bonchev–Trinajstić information content (AvgIpc) is 2.28. The third kappa shape index (κ3) is 2.76. The minimum Gasteiger partial charge on any atom is -0.379 e. The molecule has 1 heterocycles. The molecule has 0 aliphatic carbocycles. The molecule has 100 valence electrons. The van der Waals surface area contributed by atoms with E-state index < -0.39 is 0 Å². The highest BCUT2D eigenvalue weighted by atomic mass is 16.5. The van der Waals surface area contributed by atoms with Crippen LogP contribution in [0.25, 0.3) is 0 Å². The first-order valence-electron chi connectivity index (χ1n) is 6.95. The second kappa shape index (κ2) is 5.41. The van der Waals surface area contributed by atoms with Gasteiger partial charge in [0.1, 0.15) is 0 Å². The summed E-state index contributed by atoms with van der Waals surface area (Å²) in [5, 5.41) is 3.54. The van der Waals surface area contributed by atoms with Gasteiger partial charge in [-0.25, -0.2) is 0 Å². The fraction of sp³-hybridized carbons (Fsp3) is 0.625. The van der Waals surface area contributed by atoms with E-state index in [0.717, 1.165) is 19.8 Å². The third-order valence-electron chi connectivity index (χ3n) is 3.80. The fourth-order valence-corrected chi connectivity index (χ4v) is 2.34. The van der Waals surface area contributed by atoms with Crippen LogP contribution in [0.3, 0.4) is 0 Å². The van der Waals surface area contributed by atoms with Crippen LogP contribution in [0.4, 0.5) is 0 Å². The van der Waals surface area contributed by atoms with Crippen molar-refractivity contribution >= 4 is 0 Å². The normalized spacial score (nSPS) is 18.1. The predicted molar refractivity (Wildman–Crippen MR) is 76.2 cm³/mol. The molecule has 0 unspecified atom stereocenters. The Labute approximate surface area is 111 Å². The van der Waals surface area contributed by atoms with E-state index in [0.29, 0.717) is 12.0 Å². The van der Waals surface area contributed by atoms with Crippen LogP contribution in [0.15, 0.2) is 24.3 Å². The molecule has 1 aliphatic heterocycles. The zero-order chi connectivity index (χ0) is 13.2. The predicted octanol–water partition coefficient (Wildman–Crippen LogP) is 3.08. The van der Waals surface area contributed by atoms with Crippen LogP contribution in [-0.2, 0) is 10.2 Å². The lowest BCUT2D eigenvalue weighted by Gasteiger charge is -2.42. The summed E-state index contributed by atoms with van der Waals surface area (Å²) >= 11 is 0.